The van der Waals surface area contributed by atoms with Crippen molar-refractivity contribution >= 4 is 17.4 Å². The van der Waals surface area contributed by atoms with Crippen LogP contribution < -0.4 is 0 Å². The molecule has 140 valence electrons. The Hall–Kier alpha value is -3.02. The van der Waals surface area contributed by atoms with Crippen molar-refractivity contribution in [1.29, 1.82) is 0 Å². The molecule has 6 heteroatoms. The number of non-ortho nitro benzene ring substituents is 1. The molecule has 0 aromatic heterocycles. The first-order valence-electron chi connectivity index (χ1n) is 8.70. The average molecular weight is 367 g/mol. The number of nitro benzene ring substituents is 1. The van der Waals surface area contributed by atoms with Crippen LogP contribution in [0.15, 0.2) is 54.6 Å². The zero-order chi connectivity index (χ0) is 19.8. The van der Waals surface area contributed by atoms with E-state index in [2.05, 4.69) is 0 Å². The first kappa shape index (κ1) is 18.8. The first-order valence-corrected chi connectivity index (χ1v) is 8.70. The van der Waals surface area contributed by atoms with Crippen LogP contribution in [0, 0.1) is 20.9 Å². The van der Waals surface area contributed by atoms with Gasteiger partial charge in [-0.05, 0) is 38.3 Å². The molecule has 0 bridgehead atoms. The van der Waals surface area contributed by atoms with Crippen LogP contribution in [-0.2, 0) is 20.7 Å². The predicted molar refractivity (Wildman–Crippen MR) is 99.0 cm³/mol. The minimum absolute atomic E-state index is 0.0362. The lowest BCUT2D eigenvalue weighted by Crippen LogP contribution is -2.54. The Bertz CT molecular complexity index is 889. The summed E-state index contributed by atoms with van der Waals surface area (Å²) in [6.45, 7) is 5.16. The summed E-state index contributed by atoms with van der Waals surface area (Å²) in [5.41, 5.74) is -0.828. The third kappa shape index (κ3) is 3.23. The molecule has 2 atom stereocenters. The van der Waals surface area contributed by atoms with Crippen LogP contribution in [0.1, 0.15) is 38.0 Å². The van der Waals surface area contributed by atoms with Gasteiger partial charge in [0.2, 0.25) is 0 Å². The molecule has 3 rings (SSSR count). The standard InChI is InChI=1S/C21H21NO5/c1-20(2)17(15-7-5-4-6-8-15)27-19(24)21(3,18(20)23)13-14-9-11-16(12-10-14)22(25)26/h4-12,17H,13H2,1-3H3/t17-,21+/m0/s1. The molecule has 1 fully saturated rings. The molecule has 0 saturated carbocycles. The zero-order valence-corrected chi connectivity index (χ0v) is 15.5. The number of nitro groups is 1. The van der Waals surface area contributed by atoms with Crippen LogP contribution in [0.2, 0.25) is 0 Å². The van der Waals surface area contributed by atoms with Gasteiger partial charge in [0.1, 0.15) is 11.5 Å². The summed E-state index contributed by atoms with van der Waals surface area (Å²) in [6.07, 6.45) is -0.517. The fourth-order valence-corrected chi connectivity index (χ4v) is 3.72. The number of benzene rings is 2. The van der Waals surface area contributed by atoms with E-state index in [-0.39, 0.29) is 17.9 Å². The molecule has 0 unspecified atom stereocenters. The van der Waals surface area contributed by atoms with Gasteiger partial charge < -0.3 is 4.74 Å². The van der Waals surface area contributed by atoms with Gasteiger partial charge in [-0.3, -0.25) is 19.7 Å². The topological polar surface area (TPSA) is 86.5 Å². The van der Waals surface area contributed by atoms with Crippen molar-refractivity contribution < 1.29 is 19.2 Å². The minimum Gasteiger partial charge on any atom is -0.456 e. The van der Waals surface area contributed by atoms with Gasteiger partial charge in [0.05, 0.1) is 10.3 Å². The third-order valence-corrected chi connectivity index (χ3v) is 5.22. The lowest BCUT2D eigenvalue weighted by molar-refractivity contribution is -0.384. The maximum Gasteiger partial charge on any atom is 0.320 e. The molecule has 2 aromatic rings. The summed E-state index contributed by atoms with van der Waals surface area (Å²) in [5.74, 6) is -0.766. The van der Waals surface area contributed by atoms with Crippen molar-refractivity contribution in [3.63, 3.8) is 0 Å². The molecule has 0 spiro atoms. The summed E-state index contributed by atoms with van der Waals surface area (Å²) in [4.78, 5) is 36.5. The number of ether oxygens (including phenoxy) is 1. The van der Waals surface area contributed by atoms with E-state index < -0.39 is 27.8 Å². The highest BCUT2D eigenvalue weighted by Gasteiger charge is 2.57. The zero-order valence-electron chi connectivity index (χ0n) is 15.5. The van der Waals surface area contributed by atoms with Crippen LogP contribution in [0.4, 0.5) is 5.69 Å². The quantitative estimate of drug-likeness (QED) is 0.352. The van der Waals surface area contributed by atoms with E-state index >= 15 is 0 Å². The summed E-state index contributed by atoms with van der Waals surface area (Å²) < 4.78 is 5.74. The Morgan fingerprint density at radius 2 is 1.59 bits per heavy atom. The molecule has 0 amide bonds. The van der Waals surface area contributed by atoms with Crippen molar-refractivity contribution in [3.8, 4) is 0 Å². The molecule has 0 aliphatic carbocycles. The number of nitrogens with zero attached hydrogens (tertiary/aromatic N) is 1. The van der Waals surface area contributed by atoms with Gasteiger partial charge in [0.25, 0.3) is 5.69 Å². The molecule has 2 aromatic carbocycles. The molecule has 1 saturated heterocycles. The molecular formula is C21H21NO5. The second-order valence-electron chi connectivity index (χ2n) is 7.68. The molecule has 0 N–H and O–H groups in total. The number of rotatable bonds is 4. The number of hydrogen-bond donors (Lipinski definition) is 0. The summed E-state index contributed by atoms with van der Waals surface area (Å²) in [6, 6.07) is 15.1. The van der Waals surface area contributed by atoms with Crippen molar-refractivity contribution in [1.82, 2.24) is 0 Å². The monoisotopic (exact) mass is 367 g/mol. The van der Waals surface area contributed by atoms with E-state index in [1.165, 1.54) is 12.1 Å². The second kappa shape index (κ2) is 6.61. The lowest BCUT2D eigenvalue weighted by Gasteiger charge is -2.44. The van der Waals surface area contributed by atoms with Gasteiger partial charge in [-0.25, -0.2) is 0 Å². The van der Waals surface area contributed by atoms with E-state index in [4.69, 9.17) is 4.74 Å². The predicted octanol–water partition coefficient (Wildman–Crippen LogP) is 4.04. The van der Waals surface area contributed by atoms with Gasteiger partial charge in [-0.1, -0.05) is 42.5 Å². The fourth-order valence-electron chi connectivity index (χ4n) is 3.72. The van der Waals surface area contributed by atoms with E-state index in [9.17, 15) is 19.7 Å². The normalized spacial score (nSPS) is 24.3. The van der Waals surface area contributed by atoms with Crippen molar-refractivity contribution in [2.45, 2.75) is 33.3 Å². The number of carbonyl (C=O) groups excluding carboxylic acids is 2. The van der Waals surface area contributed by atoms with Crippen LogP contribution in [0.5, 0.6) is 0 Å². The van der Waals surface area contributed by atoms with Crippen molar-refractivity contribution in [3.05, 3.63) is 75.8 Å². The summed E-state index contributed by atoms with van der Waals surface area (Å²) >= 11 is 0. The highest BCUT2D eigenvalue weighted by atomic mass is 16.6. The number of cyclic esters (lactones) is 1. The second-order valence-corrected chi connectivity index (χ2v) is 7.68. The van der Waals surface area contributed by atoms with Crippen molar-refractivity contribution in [2.24, 2.45) is 10.8 Å². The van der Waals surface area contributed by atoms with Crippen LogP contribution in [0.25, 0.3) is 0 Å². The lowest BCUT2D eigenvalue weighted by atomic mass is 9.64. The van der Waals surface area contributed by atoms with E-state index in [1.54, 1.807) is 32.9 Å². The summed E-state index contributed by atoms with van der Waals surface area (Å²) in [5, 5.41) is 10.8. The van der Waals surface area contributed by atoms with Gasteiger partial charge in [-0.15, -0.1) is 0 Å². The maximum absolute atomic E-state index is 13.3. The van der Waals surface area contributed by atoms with Crippen LogP contribution in [0.3, 0.4) is 0 Å². The average Bonchev–Trinajstić information content (AvgIpc) is 2.65. The Kier molecular flexibility index (Phi) is 4.59. The molecule has 1 aliphatic heterocycles. The molecule has 27 heavy (non-hydrogen) atoms. The number of esters is 1. The number of carbonyl (C=O) groups is 2. The molecule has 0 radical (unpaired) electrons. The van der Waals surface area contributed by atoms with Gasteiger partial charge >= 0.3 is 5.97 Å². The Morgan fingerprint density at radius 1 is 1.00 bits per heavy atom. The van der Waals surface area contributed by atoms with Crippen LogP contribution in [-0.4, -0.2) is 16.7 Å². The largest absolute Gasteiger partial charge is 0.456 e. The Balaban J connectivity index is 1.91. The van der Waals surface area contributed by atoms with Crippen molar-refractivity contribution in [2.75, 3.05) is 0 Å². The highest BCUT2D eigenvalue weighted by Crippen LogP contribution is 2.48. The third-order valence-electron chi connectivity index (χ3n) is 5.22. The maximum atomic E-state index is 13.3. The highest BCUT2D eigenvalue weighted by molar-refractivity contribution is 6.08. The Morgan fingerprint density at radius 3 is 2.15 bits per heavy atom. The minimum atomic E-state index is -1.34. The van der Waals surface area contributed by atoms with Gasteiger partial charge in [0, 0.05) is 12.1 Å². The summed E-state index contributed by atoms with van der Waals surface area (Å²) in [7, 11) is 0. The van der Waals surface area contributed by atoms with Crippen LogP contribution >= 0.6 is 0 Å². The van der Waals surface area contributed by atoms with E-state index in [0.29, 0.717) is 5.56 Å². The molecule has 6 nitrogen and oxygen atoms in total. The molecule has 1 aliphatic rings. The van der Waals surface area contributed by atoms with E-state index in [1.807, 2.05) is 30.3 Å². The number of ketones is 1. The first-order chi connectivity index (χ1) is 12.7. The fraction of sp³-hybridized carbons (Fsp3) is 0.333. The van der Waals surface area contributed by atoms with Gasteiger partial charge in [-0.2, -0.15) is 0 Å². The smallest absolute Gasteiger partial charge is 0.320 e. The molecule has 1 heterocycles. The molecular weight excluding hydrogens is 346 g/mol. The number of hydrogen-bond acceptors (Lipinski definition) is 5. The SMILES string of the molecule is CC1(C)C(=O)[C@@](C)(Cc2ccc([N+](=O)[O-])cc2)C(=O)O[C@H]1c1ccccc1. The van der Waals surface area contributed by atoms with Gasteiger partial charge in [0.15, 0.2) is 5.78 Å². The van der Waals surface area contributed by atoms with E-state index in [0.717, 1.165) is 5.56 Å². The Labute approximate surface area is 157 Å². The number of Topliss-reactive ketones (excluding diaryl/α,β-unsaturated/α-hetero) is 1.